The first-order valence-corrected chi connectivity index (χ1v) is 10.6. The van der Waals surface area contributed by atoms with Crippen molar-refractivity contribution in [1.29, 1.82) is 0 Å². The fourth-order valence-electron chi connectivity index (χ4n) is 4.19. The summed E-state index contributed by atoms with van der Waals surface area (Å²) in [6.07, 6.45) is 3.88. The smallest absolute Gasteiger partial charge is 0.174 e. The molecule has 1 aliphatic heterocycles. The minimum atomic E-state index is -0.124. The van der Waals surface area contributed by atoms with Crippen LogP contribution in [0, 0.1) is 6.92 Å². The van der Waals surface area contributed by atoms with Crippen molar-refractivity contribution < 1.29 is 5.11 Å². The molecule has 31 heavy (non-hydrogen) atoms. The number of nitrogens with one attached hydrogen (secondary N) is 1. The number of anilines is 1. The fourth-order valence-corrected chi connectivity index (χ4v) is 4.54. The van der Waals surface area contributed by atoms with Gasteiger partial charge in [0.25, 0.3) is 0 Å². The maximum absolute atomic E-state index is 9.78. The zero-order valence-electron chi connectivity index (χ0n) is 17.0. The average Bonchev–Trinajstić information content (AvgIpc) is 3.39. The number of nitrogens with zero attached hydrogens (tertiary/aromatic N) is 3. The molecule has 0 spiro atoms. The third kappa shape index (κ3) is 3.55. The highest BCUT2D eigenvalue weighted by Gasteiger charge is 2.42. The molecule has 1 saturated heterocycles. The van der Waals surface area contributed by atoms with Crippen LogP contribution >= 0.6 is 12.2 Å². The SMILES string of the molecule is Cc1cccc(-n2cccc2C2C(c3ccccn3)NC(=S)N2c2ccc(O)cc2)c1. The number of rotatable bonds is 4. The third-order valence-electron chi connectivity index (χ3n) is 5.59. The maximum atomic E-state index is 9.78. The number of pyridine rings is 1. The van der Waals surface area contributed by atoms with Gasteiger partial charge in [-0.3, -0.25) is 4.98 Å². The summed E-state index contributed by atoms with van der Waals surface area (Å²) in [6.45, 7) is 2.10. The molecule has 2 aromatic carbocycles. The van der Waals surface area contributed by atoms with Crippen molar-refractivity contribution in [1.82, 2.24) is 14.9 Å². The molecule has 0 radical (unpaired) electrons. The monoisotopic (exact) mass is 426 g/mol. The van der Waals surface area contributed by atoms with Crippen LogP contribution in [-0.4, -0.2) is 19.8 Å². The highest BCUT2D eigenvalue weighted by Crippen LogP contribution is 2.42. The molecule has 1 aliphatic rings. The Morgan fingerprint density at radius 1 is 0.935 bits per heavy atom. The van der Waals surface area contributed by atoms with Crippen molar-refractivity contribution in [2.75, 3.05) is 4.90 Å². The minimum Gasteiger partial charge on any atom is -0.508 e. The first kappa shape index (κ1) is 19.3. The molecule has 2 unspecified atom stereocenters. The second kappa shape index (κ2) is 7.89. The van der Waals surface area contributed by atoms with Gasteiger partial charge in [-0.1, -0.05) is 18.2 Å². The third-order valence-corrected chi connectivity index (χ3v) is 5.90. The number of aromatic nitrogens is 2. The van der Waals surface area contributed by atoms with E-state index in [0.717, 1.165) is 22.8 Å². The molecule has 4 aromatic rings. The zero-order valence-corrected chi connectivity index (χ0v) is 17.8. The van der Waals surface area contributed by atoms with Crippen LogP contribution in [0.25, 0.3) is 5.69 Å². The van der Waals surface area contributed by atoms with Gasteiger partial charge in [-0.05, 0) is 85.4 Å². The van der Waals surface area contributed by atoms with Crippen molar-refractivity contribution >= 4 is 23.0 Å². The van der Waals surface area contributed by atoms with Gasteiger partial charge >= 0.3 is 0 Å². The van der Waals surface area contributed by atoms with E-state index in [1.807, 2.05) is 30.3 Å². The standard InChI is InChI=1S/C25H22N4OS/c1-17-6-4-7-19(16-17)28-15-5-9-22(28)24-23(21-8-2-3-14-26-21)27-25(31)29(24)18-10-12-20(30)13-11-18/h2-16,23-24,30H,1H3,(H,27,31). The van der Waals surface area contributed by atoms with Crippen LogP contribution in [0.2, 0.25) is 0 Å². The van der Waals surface area contributed by atoms with E-state index in [-0.39, 0.29) is 17.8 Å². The van der Waals surface area contributed by atoms with E-state index in [2.05, 4.69) is 69.3 Å². The Hall–Kier alpha value is -3.64. The van der Waals surface area contributed by atoms with Crippen LogP contribution in [0.4, 0.5) is 5.69 Å². The second-order valence-corrected chi connectivity index (χ2v) is 8.04. The first-order chi connectivity index (χ1) is 15.1. The van der Waals surface area contributed by atoms with Crippen LogP contribution in [0.5, 0.6) is 5.75 Å². The summed E-state index contributed by atoms with van der Waals surface area (Å²) in [6, 6.07) is 25.5. The van der Waals surface area contributed by atoms with Crippen LogP contribution in [0.1, 0.15) is 29.0 Å². The lowest BCUT2D eigenvalue weighted by atomic mass is 10.0. The van der Waals surface area contributed by atoms with Gasteiger partial charge in [0.2, 0.25) is 0 Å². The van der Waals surface area contributed by atoms with Gasteiger partial charge in [0.15, 0.2) is 5.11 Å². The van der Waals surface area contributed by atoms with Gasteiger partial charge in [0.1, 0.15) is 11.8 Å². The van der Waals surface area contributed by atoms with E-state index in [1.54, 1.807) is 18.3 Å². The fraction of sp³-hybridized carbons (Fsp3) is 0.120. The molecule has 0 bridgehead atoms. The van der Waals surface area contributed by atoms with Gasteiger partial charge in [0, 0.05) is 29.5 Å². The number of hydrogen-bond acceptors (Lipinski definition) is 3. The topological polar surface area (TPSA) is 53.3 Å². The molecule has 3 heterocycles. The lowest BCUT2D eigenvalue weighted by molar-refractivity contribution is 0.475. The number of hydrogen-bond donors (Lipinski definition) is 2. The van der Waals surface area contributed by atoms with Crippen molar-refractivity contribution in [2.24, 2.45) is 0 Å². The molecule has 5 nitrogen and oxygen atoms in total. The summed E-state index contributed by atoms with van der Waals surface area (Å²) in [7, 11) is 0. The highest BCUT2D eigenvalue weighted by molar-refractivity contribution is 7.80. The van der Waals surface area contributed by atoms with Gasteiger partial charge in [-0.2, -0.15) is 0 Å². The van der Waals surface area contributed by atoms with Crippen LogP contribution in [-0.2, 0) is 0 Å². The zero-order chi connectivity index (χ0) is 21.4. The normalized spacial score (nSPS) is 18.2. The summed E-state index contributed by atoms with van der Waals surface area (Å²) in [4.78, 5) is 6.72. The number of aromatic hydroxyl groups is 1. The molecule has 2 aromatic heterocycles. The maximum Gasteiger partial charge on any atom is 0.174 e. The van der Waals surface area contributed by atoms with Crippen LogP contribution in [0.3, 0.4) is 0 Å². The Labute approximate surface area is 186 Å². The summed E-state index contributed by atoms with van der Waals surface area (Å²) in [5, 5.41) is 13.9. The quantitative estimate of drug-likeness (QED) is 0.447. The molecule has 0 saturated carbocycles. The summed E-state index contributed by atoms with van der Waals surface area (Å²) < 4.78 is 2.20. The Morgan fingerprint density at radius 2 is 1.77 bits per heavy atom. The van der Waals surface area contributed by atoms with E-state index in [1.165, 1.54) is 5.56 Å². The average molecular weight is 427 g/mol. The molecule has 154 valence electrons. The first-order valence-electron chi connectivity index (χ1n) is 10.2. The molecule has 6 heteroatoms. The molecule has 1 fully saturated rings. The summed E-state index contributed by atoms with van der Waals surface area (Å²) in [5.41, 5.74) is 5.24. The summed E-state index contributed by atoms with van der Waals surface area (Å²) in [5.74, 6) is 0.225. The highest BCUT2D eigenvalue weighted by atomic mass is 32.1. The van der Waals surface area contributed by atoms with E-state index in [4.69, 9.17) is 12.2 Å². The molecule has 2 N–H and O–H groups in total. The summed E-state index contributed by atoms with van der Waals surface area (Å²) >= 11 is 5.78. The number of benzene rings is 2. The number of phenols is 1. The van der Waals surface area contributed by atoms with Crippen molar-refractivity contribution in [3.05, 3.63) is 108 Å². The lowest BCUT2D eigenvalue weighted by Crippen LogP contribution is -2.30. The van der Waals surface area contributed by atoms with Crippen molar-refractivity contribution in [3.8, 4) is 11.4 Å². The Kier molecular flexibility index (Phi) is 4.92. The predicted molar refractivity (Wildman–Crippen MR) is 127 cm³/mol. The lowest BCUT2D eigenvalue weighted by Gasteiger charge is -2.29. The van der Waals surface area contributed by atoms with E-state index in [0.29, 0.717) is 5.11 Å². The van der Waals surface area contributed by atoms with Crippen LogP contribution < -0.4 is 10.2 Å². The predicted octanol–water partition coefficient (Wildman–Crippen LogP) is 5.06. The Bertz CT molecular complexity index is 1220. The van der Waals surface area contributed by atoms with E-state index < -0.39 is 0 Å². The minimum absolute atomic E-state index is 0.123. The molecular formula is C25H22N4OS. The van der Waals surface area contributed by atoms with Crippen molar-refractivity contribution in [2.45, 2.75) is 19.0 Å². The molecule has 2 atom stereocenters. The number of aryl methyl sites for hydroxylation is 1. The van der Waals surface area contributed by atoms with Gasteiger partial charge in [-0.15, -0.1) is 0 Å². The molecule has 0 aliphatic carbocycles. The Balaban J connectivity index is 1.67. The van der Waals surface area contributed by atoms with Gasteiger partial charge < -0.3 is 19.9 Å². The molecule has 0 amide bonds. The number of phenolic OH excluding ortho intramolecular Hbond substituents is 1. The van der Waals surface area contributed by atoms with E-state index in [9.17, 15) is 5.11 Å². The largest absolute Gasteiger partial charge is 0.508 e. The number of thiocarbonyl (C=S) groups is 1. The van der Waals surface area contributed by atoms with Crippen LogP contribution in [0.15, 0.2) is 91.3 Å². The van der Waals surface area contributed by atoms with Crippen molar-refractivity contribution in [3.63, 3.8) is 0 Å². The van der Waals surface area contributed by atoms with Gasteiger partial charge in [-0.25, -0.2) is 0 Å². The van der Waals surface area contributed by atoms with Gasteiger partial charge in [0.05, 0.1) is 11.7 Å². The molecular weight excluding hydrogens is 404 g/mol. The second-order valence-electron chi connectivity index (χ2n) is 7.66. The Morgan fingerprint density at radius 3 is 2.52 bits per heavy atom. The van der Waals surface area contributed by atoms with E-state index >= 15 is 0 Å². The molecule has 5 rings (SSSR count).